The summed E-state index contributed by atoms with van der Waals surface area (Å²) in [4.78, 5) is 22.2. The molecule has 8 heteroatoms. The maximum absolute atomic E-state index is 13.1. The normalized spacial score (nSPS) is 13.2. The third-order valence-electron chi connectivity index (χ3n) is 3.92. The molecule has 0 unspecified atom stereocenters. The van der Waals surface area contributed by atoms with Crippen LogP contribution >= 0.6 is 40.3 Å². The van der Waals surface area contributed by atoms with E-state index in [1.807, 2.05) is 36.4 Å². The maximum Gasteiger partial charge on any atom is 0.266 e. The third kappa shape index (κ3) is 3.65. The Morgan fingerprint density at radius 3 is 2.69 bits per heavy atom. The fraction of sp³-hybridized carbons (Fsp3) is 0.167. The highest BCUT2D eigenvalue weighted by atomic mass is 79.9. The molecule has 1 aliphatic rings. The number of hydrogen-bond acceptors (Lipinski definition) is 5. The molecule has 0 saturated heterocycles. The zero-order valence-corrected chi connectivity index (χ0v) is 17.0. The zero-order valence-electron chi connectivity index (χ0n) is 13.7. The second-order valence-electron chi connectivity index (χ2n) is 5.55. The van der Waals surface area contributed by atoms with Crippen molar-refractivity contribution < 1.29 is 0 Å². The molecular formula is C18H16BrClN4OS. The molecule has 0 amide bonds. The molecule has 5 nitrogen and oxygen atoms in total. The van der Waals surface area contributed by atoms with E-state index in [9.17, 15) is 4.79 Å². The predicted octanol–water partition coefficient (Wildman–Crippen LogP) is 3.71. The number of aromatic nitrogens is 2. The molecule has 0 spiro atoms. The number of thioether (sulfide) groups is 1. The molecule has 0 aliphatic carbocycles. The standard InChI is InChI=1S/C18H15ClN4OS.BrH/c19-13-6-2-4-8-15(13)23-17(24)12-5-1-3-7-14(12)22-18(23)25-11-16-20-9-10-21-16;/h1-8H,9-11H2,(H,20,21);1H. The van der Waals surface area contributed by atoms with Crippen molar-refractivity contribution in [1.82, 2.24) is 14.9 Å². The van der Waals surface area contributed by atoms with E-state index in [-0.39, 0.29) is 22.5 Å². The summed E-state index contributed by atoms with van der Waals surface area (Å²) >= 11 is 7.83. The molecule has 3 aromatic rings. The summed E-state index contributed by atoms with van der Waals surface area (Å²) in [5.41, 5.74) is 1.19. The van der Waals surface area contributed by atoms with Gasteiger partial charge in [0.2, 0.25) is 0 Å². The second kappa shape index (κ2) is 8.24. The predicted molar refractivity (Wildman–Crippen MR) is 114 cm³/mol. The summed E-state index contributed by atoms with van der Waals surface area (Å²) < 4.78 is 1.59. The Bertz CT molecular complexity index is 1040. The average Bonchev–Trinajstić information content (AvgIpc) is 3.15. The van der Waals surface area contributed by atoms with E-state index in [2.05, 4.69) is 10.3 Å². The third-order valence-corrected chi connectivity index (χ3v) is 5.19. The smallest absolute Gasteiger partial charge is 0.266 e. The number of fused-ring (bicyclic) bond motifs is 1. The van der Waals surface area contributed by atoms with E-state index in [1.165, 1.54) is 11.8 Å². The van der Waals surface area contributed by atoms with Gasteiger partial charge in [0.25, 0.3) is 5.56 Å². The fourth-order valence-electron chi connectivity index (χ4n) is 2.73. The summed E-state index contributed by atoms with van der Waals surface area (Å²) in [7, 11) is 0. The van der Waals surface area contributed by atoms with E-state index < -0.39 is 0 Å². The molecular weight excluding hydrogens is 436 g/mol. The van der Waals surface area contributed by atoms with Crippen molar-refractivity contribution in [2.45, 2.75) is 5.16 Å². The van der Waals surface area contributed by atoms with E-state index in [0.717, 1.165) is 18.9 Å². The van der Waals surface area contributed by atoms with Crippen LogP contribution in [-0.2, 0) is 0 Å². The Morgan fingerprint density at radius 1 is 1.15 bits per heavy atom. The van der Waals surface area contributed by atoms with Crippen LogP contribution in [0.25, 0.3) is 16.6 Å². The van der Waals surface area contributed by atoms with Crippen molar-refractivity contribution in [3.63, 3.8) is 0 Å². The molecule has 0 radical (unpaired) electrons. The topological polar surface area (TPSA) is 59.3 Å². The van der Waals surface area contributed by atoms with Crippen LogP contribution in [0.5, 0.6) is 0 Å². The Morgan fingerprint density at radius 2 is 1.92 bits per heavy atom. The maximum atomic E-state index is 13.1. The number of nitrogens with zero attached hydrogens (tertiary/aromatic N) is 3. The van der Waals surface area contributed by atoms with Crippen molar-refractivity contribution in [3.05, 3.63) is 63.9 Å². The first-order valence-corrected chi connectivity index (χ1v) is 9.27. The van der Waals surface area contributed by atoms with Crippen LogP contribution in [0.3, 0.4) is 0 Å². The SMILES string of the molecule is Br.O=c1c2ccccc2nc(SCC2=NCCN2)n1-c1ccccc1Cl. The average molecular weight is 452 g/mol. The highest BCUT2D eigenvalue weighted by Crippen LogP contribution is 2.25. The molecule has 4 rings (SSSR count). The van der Waals surface area contributed by atoms with Crippen LogP contribution < -0.4 is 10.9 Å². The van der Waals surface area contributed by atoms with Crippen LogP contribution in [0.2, 0.25) is 5.02 Å². The van der Waals surface area contributed by atoms with Gasteiger partial charge in [-0.2, -0.15) is 0 Å². The lowest BCUT2D eigenvalue weighted by Gasteiger charge is -2.14. The molecule has 2 aromatic carbocycles. The van der Waals surface area contributed by atoms with Gasteiger partial charge in [0.1, 0.15) is 5.84 Å². The van der Waals surface area contributed by atoms with Crippen molar-refractivity contribution in [1.29, 1.82) is 0 Å². The largest absolute Gasteiger partial charge is 0.371 e. The van der Waals surface area contributed by atoms with Gasteiger partial charge in [0.15, 0.2) is 5.16 Å². The Kier molecular flexibility index (Phi) is 6.01. The summed E-state index contributed by atoms with van der Waals surface area (Å²) in [5, 5.41) is 4.93. The van der Waals surface area contributed by atoms with Crippen molar-refractivity contribution >= 4 is 57.1 Å². The van der Waals surface area contributed by atoms with E-state index in [1.54, 1.807) is 16.7 Å². The highest BCUT2D eigenvalue weighted by Gasteiger charge is 2.16. The number of rotatable bonds is 4. The molecule has 0 saturated carbocycles. The minimum atomic E-state index is -0.123. The van der Waals surface area contributed by atoms with Crippen LogP contribution in [0.15, 0.2) is 63.5 Å². The number of para-hydroxylation sites is 2. The monoisotopic (exact) mass is 450 g/mol. The van der Waals surface area contributed by atoms with Crippen LogP contribution in [0.4, 0.5) is 0 Å². The molecule has 1 aliphatic heterocycles. The summed E-state index contributed by atoms with van der Waals surface area (Å²) in [6.45, 7) is 1.65. The summed E-state index contributed by atoms with van der Waals surface area (Å²) in [6, 6.07) is 14.7. The van der Waals surface area contributed by atoms with Gasteiger partial charge in [-0.15, -0.1) is 17.0 Å². The number of hydrogen-bond donors (Lipinski definition) is 1. The molecule has 2 heterocycles. The lowest BCUT2D eigenvalue weighted by Crippen LogP contribution is -2.24. The van der Waals surface area contributed by atoms with E-state index in [4.69, 9.17) is 16.6 Å². The zero-order chi connectivity index (χ0) is 17.2. The number of aliphatic imine (C=N–C) groups is 1. The quantitative estimate of drug-likeness (QED) is 0.485. The summed E-state index contributed by atoms with van der Waals surface area (Å²) in [5.74, 6) is 1.56. The van der Waals surface area contributed by atoms with Gasteiger partial charge in [-0.05, 0) is 24.3 Å². The van der Waals surface area contributed by atoms with Crippen molar-refractivity contribution in [2.75, 3.05) is 18.8 Å². The highest BCUT2D eigenvalue weighted by molar-refractivity contribution is 8.93. The first-order valence-electron chi connectivity index (χ1n) is 7.91. The van der Waals surface area contributed by atoms with Crippen LogP contribution in [0.1, 0.15) is 0 Å². The molecule has 134 valence electrons. The van der Waals surface area contributed by atoms with Crippen molar-refractivity contribution in [3.8, 4) is 5.69 Å². The second-order valence-corrected chi connectivity index (χ2v) is 6.90. The number of amidine groups is 1. The van der Waals surface area contributed by atoms with E-state index in [0.29, 0.717) is 32.5 Å². The van der Waals surface area contributed by atoms with Crippen LogP contribution in [0, 0.1) is 0 Å². The van der Waals surface area contributed by atoms with E-state index >= 15 is 0 Å². The fourth-order valence-corrected chi connectivity index (χ4v) is 3.88. The molecule has 0 bridgehead atoms. The Labute approximate surface area is 170 Å². The lowest BCUT2D eigenvalue weighted by molar-refractivity contribution is 0.821. The number of halogens is 2. The van der Waals surface area contributed by atoms with Crippen LogP contribution in [-0.4, -0.2) is 34.2 Å². The van der Waals surface area contributed by atoms with Gasteiger partial charge in [0, 0.05) is 6.54 Å². The lowest BCUT2D eigenvalue weighted by atomic mass is 10.2. The van der Waals surface area contributed by atoms with Crippen molar-refractivity contribution in [2.24, 2.45) is 4.99 Å². The number of benzene rings is 2. The first-order chi connectivity index (χ1) is 12.2. The van der Waals surface area contributed by atoms with Gasteiger partial charge in [-0.3, -0.25) is 14.4 Å². The van der Waals surface area contributed by atoms with Gasteiger partial charge >= 0.3 is 0 Å². The van der Waals surface area contributed by atoms with Gasteiger partial charge < -0.3 is 5.32 Å². The molecule has 0 atom stereocenters. The van der Waals surface area contributed by atoms with Gasteiger partial charge in [0.05, 0.1) is 33.9 Å². The van der Waals surface area contributed by atoms with Gasteiger partial charge in [-0.1, -0.05) is 47.6 Å². The molecule has 1 N–H and O–H groups in total. The molecule has 1 aromatic heterocycles. The Hall–Kier alpha value is -1.83. The minimum Gasteiger partial charge on any atom is -0.371 e. The molecule has 0 fully saturated rings. The summed E-state index contributed by atoms with van der Waals surface area (Å²) in [6.07, 6.45) is 0. The first kappa shape index (κ1) is 18.9. The van der Waals surface area contributed by atoms with Gasteiger partial charge in [-0.25, -0.2) is 4.98 Å². The minimum absolute atomic E-state index is 0. The molecule has 26 heavy (non-hydrogen) atoms. The Balaban J connectivity index is 0.00000196. The number of nitrogens with one attached hydrogen (secondary N) is 1.